The highest BCUT2D eigenvalue weighted by Crippen LogP contribution is 2.33. The Morgan fingerprint density at radius 2 is 1.71 bits per heavy atom. The van der Waals surface area contributed by atoms with E-state index in [1.807, 2.05) is 0 Å². The molecular formula is C14H29NO2. The highest BCUT2D eigenvalue weighted by atomic mass is 16.5. The fourth-order valence-electron chi connectivity index (χ4n) is 2.46. The second-order valence-corrected chi connectivity index (χ2v) is 6.09. The molecule has 1 aliphatic heterocycles. The summed E-state index contributed by atoms with van der Waals surface area (Å²) in [7, 11) is 1.71. The monoisotopic (exact) mass is 243 g/mol. The first-order valence-corrected chi connectivity index (χ1v) is 6.83. The number of methoxy groups -OCH3 is 1. The van der Waals surface area contributed by atoms with E-state index in [4.69, 9.17) is 9.47 Å². The van der Waals surface area contributed by atoms with Gasteiger partial charge in [-0.3, -0.25) is 0 Å². The Labute approximate surface area is 106 Å². The maximum absolute atomic E-state index is 5.50. The number of nitrogens with zero attached hydrogens (tertiary/aromatic N) is 1. The summed E-state index contributed by atoms with van der Waals surface area (Å²) in [6.07, 6.45) is 2.67. The van der Waals surface area contributed by atoms with Gasteiger partial charge in [-0.25, -0.2) is 0 Å². The molecular weight excluding hydrogens is 214 g/mol. The van der Waals surface area contributed by atoms with Gasteiger partial charge in [0.1, 0.15) is 0 Å². The molecule has 0 atom stereocenters. The fraction of sp³-hybridized carbons (Fsp3) is 1.00. The van der Waals surface area contributed by atoms with E-state index in [0.717, 1.165) is 25.7 Å². The van der Waals surface area contributed by atoms with E-state index in [9.17, 15) is 0 Å². The molecule has 0 bridgehead atoms. The van der Waals surface area contributed by atoms with Crippen molar-refractivity contribution in [3.05, 3.63) is 0 Å². The number of rotatable bonds is 6. The van der Waals surface area contributed by atoms with Crippen molar-refractivity contribution < 1.29 is 9.47 Å². The second-order valence-electron chi connectivity index (χ2n) is 6.09. The summed E-state index contributed by atoms with van der Waals surface area (Å²) < 4.78 is 10.5. The van der Waals surface area contributed by atoms with Crippen LogP contribution in [0.25, 0.3) is 0 Å². The van der Waals surface area contributed by atoms with Gasteiger partial charge < -0.3 is 14.4 Å². The van der Waals surface area contributed by atoms with E-state index >= 15 is 0 Å². The van der Waals surface area contributed by atoms with E-state index in [-0.39, 0.29) is 0 Å². The van der Waals surface area contributed by atoms with Crippen molar-refractivity contribution in [2.24, 2.45) is 11.3 Å². The Bertz CT molecular complexity index is 193. The molecule has 0 spiro atoms. The largest absolute Gasteiger partial charge is 0.382 e. The van der Waals surface area contributed by atoms with Crippen LogP contribution in [0.5, 0.6) is 0 Å². The van der Waals surface area contributed by atoms with Crippen LogP contribution in [0, 0.1) is 11.3 Å². The van der Waals surface area contributed by atoms with Gasteiger partial charge in [-0.05, 0) is 37.3 Å². The zero-order valence-electron chi connectivity index (χ0n) is 12.0. The number of ether oxygens (including phenoxy) is 2. The van der Waals surface area contributed by atoms with Crippen molar-refractivity contribution >= 4 is 0 Å². The van der Waals surface area contributed by atoms with Gasteiger partial charge in [-0.1, -0.05) is 20.8 Å². The summed E-state index contributed by atoms with van der Waals surface area (Å²) in [5.41, 5.74) is 0.473. The minimum atomic E-state index is 0.473. The van der Waals surface area contributed by atoms with Gasteiger partial charge in [0.25, 0.3) is 0 Å². The molecule has 17 heavy (non-hydrogen) atoms. The molecule has 3 heteroatoms. The standard InChI is InChI=1S/C14H29NO2/c1-14(2,3)13-5-7-15(8-6-13)9-10-17-12-11-16-4/h13H,5-12H2,1-4H3. The second kappa shape index (κ2) is 7.34. The van der Waals surface area contributed by atoms with Crippen LogP contribution in [0.1, 0.15) is 33.6 Å². The van der Waals surface area contributed by atoms with Crippen LogP contribution in [-0.2, 0) is 9.47 Å². The molecule has 1 heterocycles. The normalized spacial score (nSPS) is 19.8. The molecule has 0 amide bonds. The smallest absolute Gasteiger partial charge is 0.0700 e. The molecule has 102 valence electrons. The average molecular weight is 243 g/mol. The minimum absolute atomic E-state index is 0.473. The van der Waals surface area contributed by atoms with Crippen LogP contribution >= 0.6 is 0 Å². The topological polar surface area (TPSA) is 21.7 Å². The zero-order chi connectivity index (χ0) is 12.7. The van der Waals surface area contributed by atoms with E-state index in [2.05, 4.69) is 25.7 Å². The minimum Gasteiger partial charge on any atom is -0.382 e. The first kappa shape index (κ1) is 14.9. The van der Waals surface area contributed by atoms with Crippen LogP contribution in [0.2, 0.25) is 0 Å². The summed E-state index contributed by atoms with van der Waals surface area (Å²) in [4.78, 5) is 2.52. The Kier molecular flexibility index (Phi) is 6.45. The third-order valence-electron chi connectivity index (χ3n) is 3.80. The molecule has 1 saturated heterocycles. The number of likely N-dealkylation sites (tertiary alicyclic amines) is 1. The lowest BCUT2D eigenvalue weighted by Crippen LogP contribution is -2.39. The average Bonchev–Trinajstić information content (AvgIpc) is 2.28. The molecule has 3 nitrogen and oxygen atoms in total. The Morgan fingerprint density at radius 1 is 1.06 bits per heavy atom. The van der Waals surface area contributed by atoms with Crippen LogP contribution < -0.4 is 0 Å². The highest BCUT2D eigenvalue weighted by Gasteiger charge is 2.28. The summed E-state index contributed by atoms with van der Waals surface area (Å²) in [6, 6.07) is 0. The van der Waals surface area contributed by atoms with Crippen molar-refractivity contribution in [2.45, 2.75) is 33.6 Å². The molecule has 0 saturated carbocycles. The number of hydrogen-bond acceptors (Lipinski definition) is 3. The summed E-state index contributed by atoms with van der Waals surface area (Å²) in [5, 5.41) is 0. The maximum Gasteiger partial charge on any atom is 0.0700 e. The summed E-state index contributed by atoms with van der Waals surface area (Å²) in [6.45, 7) is 12.9. The van der Waals surface area contributed by atoms with E-state index in [1.54, 1.807) is 7.11 Å². The van der Waals surface area contributed by atoms with Crippen LogP contribution in [0.15, 0.2) is 0 Å². The van der Waals surface area contributed by atoms with Crippen molar-refractivity contribution in [1.29, 1.82) is 0 Å². The van der Waals surface area contributed by atoms with E-state index in [1.165, 1.54) is 25.9 Å². The Morgan fingerprint density at radius 3 is 2.24 bits per heavy atom. The lowest BCUT2D eigenvalue weighted by Gasteiger charge is -2.38. The SMILES string of the molecule is COCCOCCN1CCC(C(C)(C)C)CC1. The van der Waals surface area contributed by atoms with Gasteiger partial charge in [0.05, 0.1) is 19.8 Å². The summed E-state index contributed by atoms with van der Waals surface area (Å²) >= 11 is 0. The predicted molar refractivity (Wildman–Crippen MR) is 71.3 cm³/mol. The third-order valence-corrected chi connectivity index (χ3v) is 3.80. The van der Waals surface area contributed by atoms with Gasteiger partial charge in [-0.2, -0.15) is 0 Å². The number of hydrogen-bond donors (Lipinski definition) is 0. The van der Waals surface area contributed by atoms with Crippen LogP contribution in [0.4, 0.5) is 0 Å². The number of piperidine rings is 1. The molecule has 0 aromatic heterocycles. The third kappa shape index (κ3) is 5.84. The Balaban J connectivity index is 2.07. The van der Waals surface area contributed by atoms with Crippen molar-refractivity contribution in [2.75, 3.05) is 46.6 Å². The molecule has 1 aliphatic rings. The predicted octanol–water partition coefficient (Wildman–Crippen LogP) is 2.41. The Hall–Kier alpha value is -0.120. The highest BCUT2D eigenvalue weighted by molar-refractivity contribution is 4.80. The maximum atomic E-state index is 5.50. The molecule has 0 N–H and O–H groups in total. The molecule has 0 radical (unpaired) electrons. The first-order valence-electron chi connectivity index (χ1n) is 6.83. The van der Waals surface area contributed by atoms with E-state index in [0.29, 0.717) is 12.0 Å². The molecule has 1 fully saturated rings. The molecule has 0 aromatic rings. The summed E-state index contributed by atoms with van der Waals surface area (Å²) in [5.74, 6) is 0.883. The molecule has 0 aromatic carbocycles. The van der Waals surface area contributed by atoms with E-state index < -0.39 is 0 Å². The quantitative estimate of drug-likeness (QED) is 0.669. The van der Waals surface area contributed by atoms with Crippen molar-refractivity contribution in [3.8, 4) is 0 Å². The van der Waals surface area contributed by atoms with Crippen LogP contribution in [0.3, 0.4) is 0 Å². The van der Waals surface area contributed by atoms with Gasteiger partial charge in [-0.15, -0.1) is 0 Å². The van der Waals surface area contributed by atoms with Gasteiger partial charge in [0, 0.05) is 13.7 Å². The van der Waals surface area contributed by atoms with Gasteiger partial charge >= 0.3 is 0 Å². The molecule has 1 rings (SSSR count). The van der Waals surface area contributed by atoms with Crippen molar-refractivity contribution in [3.63, 3.8) is 0 Å². The van der Waals surface area contributed by atoms with Gasteiger partial charge in [0.15, 0.2) is 0 Å². The fourth-order valence-corrected chi connectivity index (χ4v) is 2.46. The van der Waals surface area contributed by atoms with Gasteiger partial charge in [0.2, 0.25) is 0 Å². The molecule has 0 aliphatic carbocycles. The van der Waals surface area contributed by atoms with Crippen molar-refractivity contribution in [1.82, 2.24) is 4.90 Å². The lowest BCUT2D eigenvalue weighted by molar-refractivity contribution is 0.0437. The first-order chi connectivity index (χ1) is 8.04. The zero-order valence-corrected chi connectivity index (χ0v) is 12.0. The lowest BCUT2D eigenvalue weighted by atomic mass is 9.75. The van der Waals surface area contributed by atoms with Crippen LogP contribution in [-0.4, -0.2) is 51.5 Å². The molecule has 0 unspecified atom stereocenters.